The molecular formula is C25H34N4O2. The highest BCUT2D eigenvalue weighted by Gasteiger charge is 2.36. The molecule has 2 aromatic rings. The Hall–Kier alpha value is -2.89. The standard InChI is InChI=1S/C25H34N4O2/c1-19-10-8-14-22(26-19)29-17-9-13-21(18-29)28(4)24(31)25(2,3)27-23(30)16-15-20-11-6-5-7-12-20/h5-8,10-12,14,21H,9,13,15-18H2,1-4H3,(H,27,30)/t21-/m1/s1. The molecule has 0 unspecified atom stereocenters. The minimum atomic E-state index is -0.952. The molecule has 0 spiro atoms. The van der Waals surface area contributed by atoms with Gasteiger partial charge in [-0.05, 0) is 57.7 Å². The van der Waals surface area contributed by atoms with E-state index in [-0.39, 0.29) is 17.9 Å². The van der Waals surface area contributed by atoms with Crippen LogP contribution in [0.15, 0.2) is 48.5 Å². The number of likely N-dealkylation sites (N-methyl/N-ethyl adjacent to an activating group) is 1. The number of carbonyl (C=O) groups excluding carboxylic acids is 2. The third-order valence-corrected chi connectivity index (χ3v) is 5.93. The number of nitrogens with zero attached hydrogens (tertiary/aromatic N) is 3. The highest BCUT2D eigenvalue weighted by molar-refractivity contribution is 5.90. The van der Waals surface area contributed by atoms with Gasteiger partial charge in [0.25, 0.3) is 0 Å². The van der Waals surface area contributed by atoms with Crippen molar-refractivity contribution in [1.29, 1.82) is 0 Å². The number of anilines is 1. The number of hydrogen-bond acceptors (Lipinski definition) is 4. The van der Waals surface area contributed by atoms with Gasteiger partial charge in [-0.15, -0.1) is 0 Å². The smallest absolute Gasteiger partial charge is 0.247 e. The summed E-state index contributed by atoms with van der Waals surface area (Å²) in [5, 5.41) is 2.94. The monoisotopic (exact) mass is 422 g/mol. The summed E-state index contributed by atoms with van der Waals surface area (Å²) in [5.74, 6) is 0.786. The molecule has 1 aromatic heterocycles. The largest absolute Gasteiger partial charge is 0.355 e. The molecule has 1 N–H and O–H groups in total. The van der Waals surface area contributed by atoms with Crippen molar-refractivity contribution in [2.24, 2.45) is 0 Å². The number of aryl methyl sites for hydroxylation is 2. The van der Waals surface area contributed by atoms with Crippen molar-refractivity contribution in [2.45, 2.75) is 58.0 Å². The summed E-state index contributed by atoms with van der Waals surface area (Å²) in [6, 6.07) is 16.0. The van der Waals surface area contributed by atoms with Crippen molar-refractivity contribution in [3.05, 3.63) is 59.8 Å². The molecular weight excluding hydrogens is 388 g/mol. The summed E-state index contributed by atoms with van der Waals surface area (Å²) in [6.07, 6.45) is 2.97. The molecule has 6 heteroatoms. The van der Waals surface area contributed by atoms with Crippen molar-refractivity contribution < 1.29 is 9.59 Å². The van der Waals surface area contributed by atoms with Gasteiger partial charge in [0.15, 0.2) is 0 Å². The van der Waals surface area contributed by atoms with Crippen LogP contribution in [-0.4, -0.2) is 53.4 Å². The van der Waals surface area contributed by atoms with Gasteiger partial charge in [-0.2, -0.15) is 0 Å². The fourth-order valence-corrected chi connectivity index (χ4v) is 4.16. The number of benzene rings is 1. The van der Waals surface area contributed by atoms with E-state index in [9.17, 15) is 9.59 Å². The van der Waals surface area contributed by atoms with Gasteiger partial charge in [0.05, 0.1) is 0 Å². The molecule has 2 heterocycles. The van der Waals surface area contributed by atoms with Crippen LogP contribution in [0.2, 0.25) is 0 Å². The molecule has 6 nitrogen and oxygen atoms in total. The summed E-state index contributed by atoms with van der Waals surface area (Å²) in [6.45, 7) is 7.25. The van der Waals surface area contributed by atoms with E-state index in [1.807, 2.05) is 62.5 Å². The van der Waals surface area contributed by atoms with Crippen LogP contribution in [-0.2, 0) is 16.0 Å². The molecule has 1 aliphatic rings. The molecule has 0 bridgehead atoms. The van der Waals surface area contributed by atoms with E-state index in [1.54, 1.807) is 18.7 Å². The second kappa shape index (κ2) is 9.94. The molecule has 166 valence electrons. The molecule has 0 saturated carbocycles. The van der Waals surface area contributed by atoms with Crippen LogP contribution in [0.4, 0.5) is 5.82 Å². The van der Waals surface area contributed by atoms with Gasteiger partial charge in [-0.1, -0.05) is 36.4 Å². The lowest BCUT2D eigenvalue weighted by atomic mass is 9.98. The Bertz CT molecular complexity index is 897. The van der Waals surface area contributed by atoms with E-state index in [2.05, 4.69) is 15.2 Å². The lowest BCUT2D eigenvalue weighted by Crippen LogP contribution is -2.59. The average molecular weight is 423 g/mol. The fraction of sp³-hybridized carbons (Fsp3) is 0.480. The zero-order valence-corrected chi connectivity index (χ0v) is 19.1. The summed E-state index contributed by atoms with van der Waals surface area (Å²) in [4.78, 5) is 34.4. The van der Waals surface area contributed by atoms with Crippen molar-refractivity contribution in [2.75, 3.05) is 25.0 Å². The summed E-state index contributed by atoms with van der Waals surface area (Å²) in [7, 11) is 1.85. The van der Waals surface area contributed by atoms with Gasteiger partial charge in [-0.3, -0.25) is 9.59 Å². The molecule has 0 radical (unpaired) electrons. The van der Waals surface area contributed by atoms with Gasteiger partial charge < -0.3 is 15.1 Å². The van der Waals surface area contributed by atoms with Gasteiger partial charge in [0.1, 0.15) is 11.4 Å². The topological polar surface area (TPSA) is 65.5 Å². The fourth-order valence-electron chi connectivity index (χ4n) is 4.16. The lowest BCUT2D eigenvalue weighted by Gasteiger charge is -2.41. The van der Waals surface area contributed by atoms with E-state index < -0.39 is 5.54 Å². The van der Waals surface area contributed by atoms with Crippen LogP contribution in [0.5, 0.6) is 0 Å². The first-order chi connectivity index (χ1) is 14.8. The van der Waals surface area contributed by atoms with Crippen molar-refractivity contribution in [3.63, 3.8) is 0 Å². The third kappa shape index (κ3) is 6.06. The van der Waals surface area contributed by atoms with E-state index in [4.69, 9.17) is 0 Å². The van der Waals surface area contributed by atoms with E-state index in [0.29, 0.717) is 12.8 Å². The Morgan fingerprint density at radius 2 is 1.90 bits per heavy atom. The van der Waals surface area contributed by atoms with Crippen LogP contribution < -0.4 is 10.2 Å². The molecule has 1 atom stereocenters. The number of hydrogen-bond donors (Lipinski definition) is 1. The normalized spacial score (nSPS) is 16.6. The van der Waals surface area contributed by atoms with Crippen LogP contribution in [0.25, 0.3) is 0 Å². The van der Waals surface area contributed by atoms with Crippen LogP contribution in [0, 0.1) is 6.92 Å². The number of piperidine rings is 1. The van der Waals surface area contributed by atoms with Gasteiger partial charge in [-0.25, -0.2) is 4.98 Å². The maximum absolute atomic E-state index is 13.2. The van der Waals surface area contributed by atoms with Gasteiger partial charge in [0.2, 0.25) is 11.8 Å². The van der Waals surface area contributed by atoms with Crippen LogP contribution >= 0.6 is 0 Å². The highest BCUT2D eigenvalue weighted by atomic mass is 16.2. The maximum Gasteiger partial charge on any atom is 0.247 e. The van der Waals surface area contributed by atoms with E-state index >= 15 is 0 Å². The van der Waals surface area contributed by atoms with E-state index in [0.717, 1.165) is 43.0 Å². The van der Waals surface area contributed by atoms with Gasteiger partial charge in [0, 0.05) is 38.3 Å². The molecule has 1 fully saturated rings. The predicted molar refractivity (Wildman–Crippen MR) is 124 cm³/mol. The Kier molecular flexibility index (Phi) is 7.31. The number of nitrogens with one attached hydrogen (secondary N) is 1. The molecule has 0 aliphatic carbocycles. The third-order valence-electron chi connectivity index (χ3n) is 5.93. The zero-order valence-electron chi connectivity index (χ0n) is 19.1. The molecule has 1 saturated heterocycles. The second-order valence-corrected chi connectivity index (χ2v) is 8.95. The number of aromatic nitrogens is 1. The average Bonchev–Trinajstić information content (AvgIpc) is 2.77. The summed E-state index contributed by atoms with van der Waals surface area (Å²) >= 11 is 0. The molecule has 3 rings (SSSR count). The Morgan fingerprint density at radius 1 is 1.16 bits per heavy atom. The summed E-state index contributed by atoms with van der Waals surface area (Å²) in [5.41, 5.74) is 1.15. The lowest BCUT2D eigenvalue weighted by molar-refractivity contribution is -0.141. The first kappa shape index (κ1) is 22.8. The Balaban J connectivity index is 1.57. The Labute approximate surface area is 185 Å². The van der Waals surface area contributed by atoms with Crippen LogP contribution in [0.3, 0.4) is 0 Å². The zero-order chi connectivity index (χ0) is 22.4. The Morgan fingerprint density at radius 3 is 2.61 bits per heavy atom. The first-order valence-corrected chi connectivity index (χ1v) is 11.1. The highest BCUT2D eigenvalue weighted by Crippen LogP contribution is 2.22. The minimum absolute atomic E-state index is 0.0652. The molecule has 1 aliphatic heterocycles. The SMILES string of the molecule is Cc1cccc(N2CCC[C@@H](N(C)C(=O)C(C)(C)NC(=O)CCc3ccccc3)C2)n1. The number of pyridine rings is 1. The predicted octanol–water partition coefficient (Wildman–Crippen LogP) is 3.34. The maximum atomic E-state index is 13.2. The quantitative estimate of drug-likeness (QED) is 0.743. The molecule has 1 aromatic carbocycles. The number of carbonyl (C=O) groups is 2. The molecule has 31 heavy (non-hydrogen) atoms. The van der Waals surface area contributed by atoms with Crippen molar-refractivity contribution in [1.82, 2.24) is 15.2 Å². The first-order valence-electron chi connectivity index (χ1n) is 11.1. The minimum Gasteiger partial charge on any atom is -0.355 e. The van der Waals surface area contributed by atoms with Gasteiger partial charge >= 0.3 is 0 Å². The van der Waals surface area contributed by atoms with Crippen molar-refractivity contribution >= 4 is 17.6 Å². The number of amides is 2. The number of rotatable bonds is 7. The molecule has 2 amide bonds. The second-order valence-electron chi connectivity index (χ2n) is 8.95. The van der Waals surface area contributed by atoms with E-state index in [1.165, 1.54) is 0 Å². The van der Waals surface area contributed by atoms with Crippen molar-refractivity contribution in [3.8, 4) is 0 Å². The summed E-state index contributed by atoms with van der Waals surface area (Å²) < 4.78 is 0. The van der Waals surface area contributed by atoms with Crippen LogP contribution in [0.1, 0.15) is 44.4 Å².